The number of rotatable bonds is 9. The second kappa shape index (κ2) is 10.4. The zero-order valence-corrected chi connectivity index (χ0v) is 11.7. The quantitative estimate of drug-likeness (QED) is 0.604. The normalized spacial score (nSPS) is 17.9. The number of nitrogens with two attached hydrogens (primary N) is 1. The van der Waals surface area contributed by atoms with Crippen molar-refractivity contribution in [2.45, 2.75) is 19.1 Å². The van der Waals surface area contributed by atoms with Gasteiger partial charge < -0.3 is 15.6 Å². The number of aliphatic hydroxyl groups excluding tert-OH is 1. The molecule has 0 rings (SSSR count). The maximum atomic E-state index is 12.5. The SMILES string of the molecule is C/C=C(\C=C/CS(=O)CCO)C(OC)C(N)CF. The molecule has 0 saturated heterocycles. The molecule has 3 unspecified atom stereocenters. The van der Waals surface area contributed by atoms with E-state index in [1.165, 1.54) is 7.11 Å². The van der Waals surface area contributed by atoms with Crippen LogP contribution in [0.5, 0.6) is 0 Å². The predicted molar refractivity (Wildman–Crippen MR) is 72.6 cm³/mol. The van der Waals surface area contributed by atoms with Crippen LogP contribution in [0.15, 0.2) is 23.8 Å². The summed E-state index contributed by atoms with van der Waals surface area (Å²) in [6, 6.07) is -0.714. The van der Waals surface area contributed by atoms with Crippen molar-refractivity contribution in [2.75, 3.05) is 31.9 Å². The fourth-order valence-electron chi connectivity index (χ4n) is 1.47. The second-order valence-corrected chi connectivity index (χ2v) is 5.32. The van der Waals surface area contributed by atoms with E-state index < -0.39 is 29.6 Å². The standard InChI is InChI=1S/C12H22FNO3S/c1-3-10(12(17-2)11(14)9-13)5-4-7-18(16)8-6-15/h3-5,11-12,15H,6-9,14H2,1-2H3/b5-4-,10-3+. The van der Waals surface area contributed by atoms with Crippen LogP contribution < -0.4 is 5.73 Å². The number of halogens is 1. The van der Waals surface area contributed by atoms with Gasteiger partial charge in [0.15, 0.2) is 0 Å². The Labute approximate surface area is 110 Å². The molecule has 0 aromatic carbocycles. The molecule has 106 valence electrons. The van der Waals surface area contributed by atoms with Crippen molar-refractivity contribution in [3.63, 3.8) is 0 Å². The van der Waals surface area contributed by atoms with E-state index in [0.717, 1.165) is 5.57 Å². The molecular formula is C12H22FNO3S. The Balaban J connectivity index is 4.50. The number of methoxy groups -OCH3 is 1. The lowest BCUT2D eigenvalue weighted by Crippen LogP contribution is -2.39. The van der Waals surface area contributed by atoms with E-state index in [4.69, 9.17) is 15.6 Å². The van der Waals surface area contributed by atoms with Gasteiger partial charge in [0, 0.05) is 29.4 Å². The van der Waals surface area contributed by atoms with Crippen LogP contribution in [0, 0.1) is 0 Å². The fourth-order valence-corrected chi connectivity index (χ4v) is 2.15. The molecule has 0 aromatic heterocycles. The van der Waals surface area contributed by atoms with Crippen LogP contribution in [0.1, 0.15) is 6.92 Å². The van der Waals surface area contributed by atoms with E-state index in [9.17, 15) is 8.60 Å². The van der Waals surface area contributed by atoms with Crippen molar-refractivity contribution >= 4 is 10.8 Å². The molecule has 0 aliphatic carbocycles. The van der Waals surface area contributed by atoms with Crippen molar-refractivity contribution < 1.29 is 18.4 Å². The highest BCUT2D eigenvalue weighted by atomic mass is 32.2. The largest absolute Gasteiger partial charge is 0.395 e. The molecule has 4 nitrogen and oxygen atoms in total. The van der Waals surface area contributed by atoms with Gasteiger partial charge in [0.1, 0.15) is 6.67 Å². The van der Waals surface area contributed by atoms with Gasteiger partial charge in [0.25, 0.3) is 0 Å². The van der Waals surface area contributed by atoms with Crippen molar-refractivity contribution in [1.29, 1.82) is 0 Å². The average molecular weight is 279 g/mol. The minimum absolute atomic E-state index is 0.0929. The Hall–Kier alpha value is -0.560. The van der Waals surface area contributed by atoms with Gasteiger partial charge in [-0.3, -0.25) is 4.21 Å². The Bertz CT molecular complexity index is 308. The summed E-state index contributed by atoms with van der Waals surface area (Å²) in [6.45, 7) is 1.05. The van der Waals surface area contributed by atoms with E-state index in [1.54, 1.807) is 25.2 Å². The number of ether oxygens (including phenoxy) is 1. The summed E-state index contributed by atoms with van der Waals surface area (Å²) in [7, 11) is 0.397. The van der Waals surface area contributed by atoms with Crippen LogP contribution >= 0.6 is 0 Å². The van der Waals surface area contributed by atoms with Crippen LogP contribution in [0.3, 0.4) is 0 Å². The van der Waals surface area contributed by atoms with Crippen molar-refractivity contribution in [1.82, 2.24) is 0 Å². The average Bonchev–Trinajstić information content (AvgIpc) is 2.37. The van der Waals surface area contributed by atoms with E-state index >= 15 is 0 Å². The molecule has 0 aliphatic rings. The number of hydrogen-bond acceptors (Lipinski definition) is 4. The van der Waals surface area contributed by atoms with Crippen LogP contribution in [-0.4, -0.2) is 53.4 Å². The molecule has 3 atom stereocenters. The summed E-state index contributed by atoms with van der Waals surface area (Å²) in [5.41, 5.74) is 6.37. The van der Waals surface area contributed by atoms with Gasteiger partial charge in [-0.15, -0.1) is 0 Å². The molecule has 0 saturated carbocycles. The molecule has 0 radical (unpaired) electrons. The highest BCUT2D eigenvalue weighted by Gasteiger charge is 2.19. The molecule has 0 fully saturated rings. The lowest BCUT2D eigenvalue weighted by Gasteiger charge is -2.21. The molecule has 0 aliphatic heterocycles. The third-order valence-electron chi connectivity index (χ3n) is 2.39. The smallest absolute Gasteiger partial charge is 0.107 e. The minimum atomic E-state index is -1.08. The molecule has 0 bridgehead atoms. The van der Waals surface area contributed by atoms with Crippen LogP contribution in [0.25, 0.3) is 0 Å². The molecule has 0 spiro atoms. The van der Waals surface area contributed by atoms with Crippen LogP contribution in [-0.2, 0) is 15.5 Å². The Morgan fingerprint density at radius 2 is 2.28 bits per heavy atom. The van der Waals surface area contributed by atoms with Gasteiger partial charge in [-0.05, 0) is 12.5 Å². The van der Waals surface area contributed by atoms with Gasteiger partial charge in [0.2, 0.25) is 0 Å². The summed E-state index contributed by atoms with van der Waals surface area (Å²) in [5, 5.41) is 8.62. The van der Waals surface area contributed by atoms with Gasteiger partial charge >= 0.3 is 0 Å². The predicted octanol–water partition coefficient (Wildman–Crippen LogP) is 0.542. The Morgan fingerprint density at radius 1 is 1.61 bits per heavy atom. The van der Waals surface area contributed by atoms with Gasteiger partial charge in [-0.25, -0.2) is 4.39 Å². The lowest BCUT2D eigenvalue weighted by atomic mass is 10.0. The lowest BCUT2D eigenvalue weighted by molar-refractivity contribution is 0.102. The van der Waals surface area contributed by atoms with E-state index in [2.05, 4.69) is 0 Å². The third-order valence-corrected chi connectivity index (χ3v) is 3.60. The molecule has 0 aromatic rings. The number of hydrogen-bond donors (Lipinski definition) is 2. The summed E-state index contributed by atoms with van der Waals surface area (Å²) in [5.74, 6) is 0.604. The van der Waals surface area contributed by atoms with Crippen molar-refractivity contribution in [3.05, 3.63) is 23.8 Å². The first-order valence-electron chi connectivity index (χ1n) is 5.73. The van der Waals surface area contributed by atoms with E-state index in [-0.39, 0.29) is 12.4 Å². The maximum absolute atomic E-state index is 12.5. The first-order valence-corrected chi connectivity index (χ1v) is 7.22. The first kappa shape index (κ1) is 17.4. The second-order valence-electron chi connectivity index (χ2n) is 3.70. The van der Waals surface area contributed by atoms with Crippen LogP contribution in [0.4, 0.5) is 4.39 Å². The zero-order chi connectivity index (χ0) is 14.0. The summed E-state index contributed by atoms with van der Waals surface area (Å²) >= 11 is 0. The molecule has 0 heterocycles. The number of alkyl halides is 1. The maximum Gasteiger partial charge on any atom is 0.107 e. The molecule has 3 N–H and O–H groups in total. The minimum Gasteiger partial charge on any atom is -0.395 e. The molecular weight excluding hydrogens is 257 g/mol. The zero-order valence-electron chi connectivity index (χ0n) is 10.8. The molecule has 18 heavy (non-hydrogen) atoms. The highest BCUT2D eigenvalue weighted by molar-refractivity contribution is 7.85. The number of aliphatic hydroxyl groups is 1. The first-order chi connectivity index (χ1) is 8.60. The van der Waals surface area contributed by atoms with E-state index in [1.807, 2.05) is 0 Å². The van der Waals surface area contributed by atoms with Gasteiger partial charge in [-0.2, -0.15) is 0 Å². The molecule has 0 amide bonds. The van der Waals surface area contributed by atoms with Crippen molar-refractivity contribution in [3.8, 4) is 0 Å². The molecule has 6 heteroatoms. The topological polar surface area (TPSA) is 72.5 Å². The van der Waals surface area contributed by atoms with Gasteiger partial charge in [0.05, 0.1) is 18.8 Å². The van der Waals surface area contributed by atoms with Gasteiger partial charge in [-0.1, -0.05) is 18.2 Å². The third kappa shape index (κ3) is 6.39. The Morgan fingerprint density at radius 3 is 2.72 bits per heavy atom. The van der Waals surface area contributed by atoms with Crippen molar-refractivity contribution in [2.24, 2.45) is 5.73 Å². The summed E-state index contributed by atoms with van der Waals surface area (Å²) < 4.78 is 29.0. The fraction of sp³-hybridized carbons (Fsp3) is 0.667. The monoisotopic (exact) mass is 279 g/mol. The van der Waals surface area contributed by atoms with E-state index in [0.29, 0.717) is 5.75 Å². The summed E-state index contributed by atoms with van der Waals surface area (Å²) in [4.78, 5) is 0. The number of allylic oxidation sites excluding steroid dienone is 1. The van der Waals surface area contributed by atoms with Crippen LogP contribution in [0.2, 0.25) is 0 Å². The highest BCUT2D eigenvalue weighted by Crippen LogP contribution is 2.12. The Kier molecular flexibility index (Phi) is 10.0. The summed E-state index contributed by atoms with van der Waals surface area (Å²) in [6.07, 6.45) is 4.73.